The average Bonchev–Trinajstić information content (AvgIpc) is 0.829. The molecule has 6 aromatic rings. The van der Waals surface area contributed by atoms with Gasteiger partial charge in [-0.25, -0.2) is 47.0 Å². The Morgan fingerprint density at radius 2 is 1.39 bits per heavy atom. The van der Waals surface area contributed by atoms with Gasteiger partial charge in [0.1, 0.15) is 79.9 Å². The van der Waals surface area contributed by atoms with E-state index < -0.39 is 120 Å². The van der Waals surface area contributed by atoms with Crippen molar-refractivity contribution in [2.75, 3.05) is 72.7 Å². The number of carbonyl (C=O) groups is 6. The summed E-state index contributed by atoms with van der Waals surface area (Å²) in [4.78, 5) is 100. The number of nitrogens with one attached hydrogen (secondary N) is 3. The number of fused-ring (bicyclic) bond motifs is 1. The topological polar surface area (TPSA) is 316 Å². The summed E-state index contributed by atoms with van der Waals surface area (Å²) in [6, 6.07) is 31.1. The summed E-state index contributed by atoms with van der Waals surface area (Å²) in [5.41, 5.74) is 1.44. The van der Waals surface area contributed by atoms with Gasteiger partial charge in [-0.15, -0.1) is 0 Å². The number of phosphoric acid groups is 1. The molecule has 9 rings (SSSR count). The first-order chi connectivity index (χ1) is 46.3. The van der Waals surface area contributed by atoms with Crippen molar-refractivity contribution < 1.29 is 84.4 Å². The lowest BCUT2D eigenvalue weighted by Crippen LogP contribution is -2.60. The quantitative estimate of drug-likeness (QED) is 0.00682. The number of imidazole rings is 1. The Morgan fingerprint density at radius 3 is 2.01 bits per heavy atom. The molecule has 0 saturated carbocycles. The Balaban J connectivity index is 1.08. The fourth-order valence-corrected chi connectivity index (χ4v) is 14.1. The number of anilines is 1. The number of rotatable bonds is 32. The van der Waals surface area contributed by atoms with Crippen molar-refractivity contribution in [3.63, 3.8) is 0 Å². The third kappa shape index (κ3) is 17.0. The van der Waals surface area contributed by atoms with Gasteiger partial charge in [0.2, 0.25) is 30.8 Å². The van der Waals surface area contributed by atoms with Gasteiger partial charge in [0, 0.05) is 36.6 Å². The predicted octanol–water partition coefficient (Wildman–Crippen LogP) is 8.16. The molecule has 29 nitrogen and oxygen atoms in total. The molecule has 9 unspecified atom stereocenters. The minimum atomic E-state index is -5.00. The third-order valence-electron chi connectivity index (χ3n) is 15.5. The molecule has 6 amide bonds. The molecule has 0 radical (unpaired) electrons. The molecule has 506 valence electrons. The molecule has 31 heteroatoms. The predicted molar refractivity (Wildman–Crippen MR) is 345 cm³/mol. The fourth-order valence-electron chi connectivity index (χ4n) is 11.0. The highest BCUT2D eigenvalue weighted by molar-refractivity contribution is 7.48. The van der Waals surface area contributed by atoms with Crippen LogP contribution in [0.2, 0.25) is 0 Å². The Bertz CT molecular complexity index is 3800. The highest BCUT2D eigenvalue weighted by Gasteiger charge is 2.52. The minimum Gasteiger partial charge on any atom is -0.497 e. The molecule has 9 atom stereocenters. The number of barbiturate groups is 1. The largest absolute Gasteiger partial charge is 0.497 e. The molecular weight excluding hydrogens is 1280 g/mol. The number of urea groups is 1. The fraction of sp³-hybridized carbons (Fsp3) is 0.400. The second kappa shape index (κ2) is 33.2. The molecule has 0 bridgehead atoms. The van der Waals surface area contributed by atoms with Crippen molar-refractivity contribution in [3.05, 3.63) is 179 Å². The first-order valence-corrected chi connectivity index (χ1v) is 33.1. The van der Waals surface area contributed by atoms with Crippen molar-refractivity contribution >= 4 is 69.0 Å². The van der Waals surface area contributed by atoms with Gasteiger partial charge in [0.25, 0.3) is 14.4 Å². The normalized spacial score (nSPS) is 20.6. The number of hydrogen-bond acceptors (Lipinski definition) is 22. The van der Waals surface area contributed by atoms with Crippen LogP contribution in [0.4, 0.5) is 10.6 Å². The summed E-state index contributed by atoms with van der Waals surface area (Å²) >= 11 is 0. The molecule has 0 spiro atoms. The van der Waals surface area contributed by atoms with Crippen LogP contribution in [-0.2, 0) is 70.9 Å². The molecule has 5 heterocycles. The van der Waals surface area contributed by atoms with Crippen LogP contribution in [0.1, 0.15) is 73.8 Å². The zero-order valence-corrected chi connectivity index (χ0v) is 55.4. The summed E-state index contributed by atoms with van der Waals surface area (Å²) in [7, 11) is -2.83. The Morgan fingerprint density at radius 1 is 0.781 bits per heavy atom. The lowest BCUT2D eigenvalue weighted by atomic mass is 9.80. The number of carbonyl (C=O) groups excluding carboxylic acids is 6. The Labute approximate surface area is 555 Å². The molecule has 3 aliphatic rings. The van der Waals surface area contributed by atoms with E-state index in [1.54, 1.807) is 73.4 Å². The van der Waals surface area contributed by atoms with Gasteiger partial charge in [-0.1, -0.05) is 78.9 Å². The molecule has 3 saturated heterocycles. The van der Waals surface area contributed by atoms with Gasteiger partial charge < -0.3 is 57.8 Å². The Kier molecular flexibility index (Phi) is 24.6. The van der Waals surface area contributed by atoms with Gasteiger partial charge in [-0.05, 0) is 80.8 Å². The van der Waals surface area contributed by atoms with Crippen molar-refractivity contribution in [2.45, 2.75) is 95.1 Å². The van der Waals surface area contributed by atoms with Crippen LogP contribution >= 0.6 is 16.3 Å². The summed E-state index contributed by atoms with van der Waals surface area (Å²) in [5.74, 6) is -4.68. The highest BCUT2D eigenvalue weighted by atomic mass is 31.2. The first kappa shape index (κ1) is 71.4. The third-order valence-corrected chi connectivity index (χ3v) is 19.2. The van der Waals surface area contributed by atoms with Crippen molar-refractivity contribution in [1.29, 1.82) is 0 Å². The number of benzene rings is 4. The SMILES string of the molecule is [C-]#[N+]CCOP(OC1CC(N2C(=O)NC(=O)C(C=CC(=O)NCC(=O)OC)C2=O)OC1COP(=O)(OCC[N+]#[C-])OC1CC(n2cnc3c(NC(=O)c4ccccc4)ncnc32)OC1COC(c1ccccc1)(c1ccc(OC)cc1)c1ccc(OC)cc1)N(C(C)C)C(C)C. The second-order valence-electron chi connectivity index (χ2n) is 22.3. The first-order valence-electron chi connectivity index (χ1n) is 30.5. The van der Waals surface area contributed by atoms with Crippen LogP contribution in [0.15, 0.2) is 134 Å². The molecular formula is C65H73N11O18P2. The van der Waals surface area contributed by atoms with Gasteiger partial charge in [-0.2, -0.15) is 0 Å². The molecule has 3 aliphatic heterocycles. The minimum absolute atomic E-state index is 0.0239. The van der Waals surface area contributed by atoms with Crippen molar-refractivity contribution in [3.8, 4) is 11.5 Å². The number of phosphoric ester groups is 1. The summed E-state index contributed by atoms with van der Waals surface area (Å²) in [6.07, 6.45) is -3.41. The lowest BCUT2D eigenvalue weighted by molar-refractivity contribution is -0.150. The van der Waals surface area contributed by atoms with Gasteiger partial charge in [-0.3, -0.25) is 47.4 Å². The van der Waals surface area contributed by atoms with Crippen LogP contribution < -0.4 is 25.4 Å². The number of imide groups is 2. The van der Waals surface area contributed by atoms with E-state index in [-0.39, 0.29) is 68.2 Å². The number of amides is 6. The number of aromatic nitrogens is 4. The van der Waals surface area contributed by atoms with Crippen LogP contribution in [0.25, 0.3) is 20.9 Å². The van der Waals surface area contributed by atoms with Crippen LogP contribution in [0, 0.1) is 19.1 Å². The van der Waals surface area contributed by atoms with E-state index in [4.69, 9.17) is 59.4 Å². The Hall–Kier alpha value is -8.93. The molecule has 3 N–H and O–H groups in total. The van der Waals surface area contributed by atoms with E-state index in [1.165, 1.54) is 12.7 Å². The van der Waals surface area contributed by atoms with E-state index >= 15 is 4.57 Å². The molecule has 4 aromatic carbocycles. The van der Waals surface area contributed by atoms with Crippen LogP contribution in [-0.4, -0.2) is 175 Å². The molecule has 0 aliphatic carbocycles. The van der Waals surface area contributed by atoms with E-state index in [9.17, 15) is 28.8 Å². The monoisotopic (exact) mass is 1360 g/mol. The zero-order valence-electron chi connectivity index (χ0n) is 53.6. The number of esters is 1. The summed E-state index contributed by atoms with van der Waals surface area (Å²) in [6.45, 7) is 20.4. The van der Waals surface area contributed by atoms with Crippen molar-refractivity contribution in [1.82, 2.24) is 39.7 Å². The standard InChI is InChI=1S/C65H73N11O18P2/c1-41(2)76(42(3)4)95(88-32-30-66-5)93-50-34-56(75-63(81)49(62(80)73-64(75)82)28-29-54(77)68-36-57(78)86-9)92-53(50)38-90-96(83,89-33-31-67-6)94-51-35-55(74-40-71-58-59(69-39-70-60(58)74)72-61(79)43-16-12-10-13-17-43)91-52(51)37-87-65(44-18-14-11-15-19-44,45-20-24-47(84-7)25-21-45)46-22-26-48(85-8)27-23-46/h10-29,39-42,49-53,55-56H,30-38H2,1-4,7-9H3,(H,68,77)(H,73,80,82)(H,69,70,72,79). The van der Waals surface area contributed by atoms with Crippen LogP contribution in [0.5, 0.6) is 11.5 Å². The van der Waals surface area contributed by atoms with E-state index in [0.717, 1.165) is 19.3 Å². The molecule has 96 heavy (non-hydrogen) atoms. The maximum Gasteiger partial charge on any atom is 0.475 e. The number of nitrogens with zero attached hydrogens (tertiary/aromatic N) is 8. The number of methoxy groups -OCH3 is 3. The molecule has 3 fully saturated rings. The van der Waals surface area contributed by atoms with E-state index in [2.05, 4.69) is 45.3 Å². The number of hydrogen-bond donors (Lipinski definition) is 3. The van der Waals surface area contributed by atoms with Crippen molar-refractivity contribution in [2.24, 2.45) is 5.92 Å². The van der Waals surface area contributed by atoms with E-state index in [0.29, 0.717) is 38.7 Å². The maximum absolute atomic E-state index is 15.8. The summed E-state index contributed by atoms with van der Waals surface area (Å²) in [5, 5.41) is 7.23. The summed E-state index contributed by atoms with van der Waals surface area (Å²) < 4.78 is 88.0. The van der Waals surface area contributed by atoms with Gasteiger partial charge in [0.15, 0.2) is 17.0 Å². The van der Waals surface area contributed by atoms with Gasteiger partial charge in [0.05, 0.1) is 47.0 Å². The maximum atomic E-state index is 15.8. The average molecular weight is 1360 g/mol. The lowest BCUT2D eigenvalue weighted by Gasteiger charge is -2.37. The van der Waals surface area contributed by atoms with E-state index in [1.807, 2.05) is 87.0 Å². The second-order valence-corrected chi connectivity index (χ2v) is 25.3. The van der Waals surface area contributed by atoms with Crippen LogP contribution in [0.3, 0.4) is 0 Å². The molecule has 2 aromatic heterocycles. The number of ether oxygens (including phenoxy) is 6. The smallest absolute Gasteiger partial charge is 0.475 e. The van der Waals surface area contributed by atoms with Gasteiger partial charge >= 0.3 is 19.8 Å². The zero-order chi connectivity index (χ0) is 68.5. The highest BCUT2D eigenvalue weighted by Crippen LogP contribution is 2.55.